The normalized spacial score (nSPS) is 14.3. The molecule has 0 heterocycles. The van der Waals surface area contributed by atoms with Gasteiger partial charge in [-0.2, -0.15) is 0 Å². The van der Waals surface area contributed by atoms with Crippen LogP contribution >= 0.6 is 0 Å². The number of carboxylic acid groups (broad SMARTS) is 1. The number of carbonyl (C=O) groups is 3. The van der Waals surface area contributed by atoms with Gasteiger partial charge in [-0.15, -0.1) is 0 Å². The zero-order valence-electron chi connectivity index (χ0n) is 14.0. The number of aliphatic carboxylic acids is 1. The van der Waals surface area contributed by atoms with Gasteiger partial charge >= 0.3 is 5.97 Å². The second-order valence-corrected chi connectivity index (χ2v) is 5.79. The standard InChI is InChI=1S/C17H23FN2O4/c1-4-10(2)15(17(23)24)20-16(22)14(19-11(3)21)9-12-5-7-13(18)8-6-12/h5-8,10,14-15H,4,9H2,1-3H3,(H,19,21)(H,20,22)(H,23,24)/t10-,14-,15+/m1/s1. The average Bonchev–Trinajstić information content (AvgIpc) is 2.52. The van der Waals surface area contributed by atoms with Gasteiger partial charge in [0.25, 0.3) is 0 Å². The van der Waals surface area contributed by atoms with Gasteiger partial charge in [0.1, 0.15) is 17.9 Å². The maximum atomic E-state index is 13.0. The van der Waals surface area contributed by atoms with Crippen LogP contribution in [0.4, 0.5) is 4.39 Å². The molecule has 7 heteroatoms. The van der Waals surface area contributed by atoms with Crippen molar-refractivity contribution in [1.82, 2.24) is 10.6 Å². The molecular formula is C17H23FN2O4. The Balaban J connectivity index is 2.89. The number of nitrogens with one attached hydrogen (secondary N) is 2. The van der Waals surface area contributed by atoms with Crippen molar-refractivity contribution in [2.75, 3.05) is 0 Å². The Morgan fingerprint density at radius 3 is 2.21 bits per heavy atom. The smallest absolute Gasteiger partial charge is 0.326 e. The molecular weight excluding hydrogens is 315 g/mol. The first-order valence-corrected chi connectivity index (χ1v) is 7.79. The summed E-state index contributed by atoms with van der Waals surface area (Å²) in [5.74, 6) is -2.77. The van der Waals surface area contributed by atoms with Crippen molar-refractivity contribution in [1.29, 1.82) is 0 Å². The first-order valence-electron chi connectivity index (χ1n) is 7.79. The molecule has 6 nitrogen and oxygen atoms in total. The van der Waals surface area contributed by atoms with Gasteiger partial charge in [-0.3, -0.25) is 9.59 Å². The van der Waals surface area contributed by atoms with E-state index in [4.69, 9.17) is 0 Å². The molecule has 0 unspecified atom stereocenters. The minimum Gasteiger partial charge on any atom is -0.480 e. The molecule has 3 atom stereocenters. The molecule has 3 N–H and O–H groups in total. The van der Waals surface area contributed by atoms with Gasteiger partial charge < -0.3 is 15.7 Å². The van der Waals surface area contributed by atoms with E-state index in [1.807, 2.05) is 6.92 Å². The number of halogens is 1. The van der Waals surface area contributed by atoms with E-state index in [0.717, 1.165) is 0 Å². The molecule has 0 aromatic heterocycles. The number of benzene rings is 1. The zero-order chi connectivity index (χ0) is 18.3. The van der Waals surface area contributed by atoms with E-state index >= 15 is 0 Å². The molecule has 132 valence electrons. The van der Waals surface area contributed by atoms with Gasteiger partial charge in [0, 0.05) is 13.3 Å². The van der Waals surface area contributed by atoms with Gasteiger partial charge in [0.05, 0.1) is 0 Å². The predicted octanol–water partition coefficient (Wildman–Crippen LogP) is 1.49. The number of rotatable bonds is 8. The van der Waals surface area contributed by atoms with Gasteiger partial charge in [0.2, 0.25) is 11.8 Å². The minimum atomic E-state index is -1.12. The fourth-order valence-corrected chi connectivity index (χ4v) is 2.25. The van der Waals surface area contributed by atoms with Crippen LogP contribution in [0.5, 0.6) is 0 Å². The molecule has 0 spiro atoms. The van der Waals surface area contributed by atoms with Crippen molar-refractivity contribution in [3.05, 3.63) is 35.6 Å². The van der Waals surface area contributed by atoms with Crippen LogP contribution in [0.25, 0.3) is 0 Å². The Labute approximate surface area is 140 Å². The van der Waals surface area contributed by atoms with Crippen LogP contribution in [0.2, 0.25) is 0 Å². The Bertz CT molecular complexity index is 589. The van der Waals surface area contributed by atoms with Crippen molar-refractivity contribution < 1.29 is 23.9 Å². The maximum absolute atomic E-state index is 13.0. The second-order valence-electron chi connectivity index (χ2n) is 5.79. The third-order valence-corrected chi connectivity index (χ3v) is 3.82. The van der Waals surface area contributed by atoms with Crippen molar-refractivity contribution in [3.63, 3.8) is 0 Å². The lowest BCUT2D eigenvalue weighted by Gasteiger charge is -2.24. The van der Waals surface area contributed by atoms with Crippen molar-refractivity contribution in [3.8, 4) is 0 Å². The largest absolute Gasteiger partial charge is 0.480 e. The van der Waals surface area contributed by atoms with Crippen LogP contribution in [0.15, 0.2) is 24.3 Å². The highest BCUT2D eigenvalue weighted by atomic mass is 19.1. The Morgan fingerprint density at radius 2 is 1.75 bits per heavy atom. The summed E-state index contributed by atoms with van der Waals surface area (Å²) in [7, 11) is 0. The molecule has 0 fully saturated rings. The Hall–Kier alpha value is -2.44. The fraction of sp³-hybridized carbons (Fsp3) is 0.471. The highest BCUT2D eigenvalue weighted by Gasteiger charge is 2.29. The molecule has 0 radical (unpaired) electrons. The molecule has 0 aliphatic rings. The lowest BCUT2D eigenvalue weighted by Crippen LogP contribution is -2.53. The lowest BCUT2D eigenvalue weighted by molar-refractivity contribution is -0.143. The molecule has 1 rings (SSSR count). The third kappa shape index (κ3) is 5.98. The molecule has 24 heavy (non-hydrogen) atoms. The number of carboxylic acids is 1. The van der Waals surface area contributed by atoms with E-state index in [1.165, 1.54) is 31.2 Å². The van der Waals surface area contributed by atoms with Gasteiger partial charge in [-0.1, -0.05) is 32.4 Å². The van der Waals surface area contributed by atoms with Crippen LogP contribution in [-0.2, 0) is 20.8 Å². The molecule has 0 saturated carbocycles. The third-order valence-electron chi connectivity index (χ3n) is 3.82. The number of hydrogen-bond donors (Lipinski definition) is 3. The Kier molecular flexibility index (Phi) is 7.35. The lowest BCUT2D eigenvalue weighted by atomic mass is 9.98. The quantitative estimate of drug-likeness (QED) is 0.669. The van der Waals surface area contributed by atoms with Crippen LogP contribution in [0, 0.1) is 11.7 Å². The van der Waals surface area contributed by atoms with Gasteiger partial charge in [-0.25, -0.2) is 9.18 Å². The van der Waals surface area contributed by atoms with Crippen molar-refractivity contribution >= 4 is 17.8 Å². The molecule has 1 aromatic rings. The predicted molar refractivity (Wildman–Crippen MR) is 86.7 cm³/mol. The first kappa shape index (κ1) is 19.6. The summed E-state index contributed by atoms with van der Waals surface area (Å²) in [6, 6.07) is 3.58. The van der Waals surface area contributed by atoms with Crippen molar-refractivity contribution in [2.24, 2.45) is 5.92 Å². The first-order chi connectivity index (χ1) is 11.2. The molecule has 0 aliphatic heterocycles. The van der Waals surface area contributed by atoms with Crippen molar-refractivity contribution in [2.45, 2.75) is 45.7 Å². The number of carbonyl (C=O) groups excluding carboxylic acids is 2. The van der Waals surface area contributed by atoms with E-state index in [9.17, 15) is 23.9 Å². The number of hydrogen-bond acceptors (Lipinski definition) is 3. The monoisotopic (exact) mass is 338 g/mol. The summed E-state index contributed by atoms with van der Waals surface area (Å²) < 4.78 is 13.0. The molecule has 0 bridgehead atoms. The average molecular weight is 338 g/mol. The summed E-state index contributed by atoms with van der Waals surface area (Å²) in [5.41, 5.74) is 0.653. The van der Waals surface area contributed by atoms with Crippen LogP contribution in [-0.4, -0.2) is 35.0 Å². The van der Waals surface area contributed by atoms with Crippen LogP contribution < -0.4 is 10.6 Å². The van der Waals surface area contributed by atoms with E-state index < -0.39 is 35.7 Å². The zero-order valence-corrected chi connectivity index (χ0v) is 14.0. The topological polar surface area (TPSA) is 95.5 Å². The fourth-order valence-electron chi connectivity index (χ4n) is 2.25. The number of amides is 2. The van der Waals surface area contributed by atoms with Crippen LogP contribution in [0.3, 0.4) is 0 Å². The van der Waals surface area contributed by atoms with E-state index in [0.29, 0.717) is 12.0 Å². The SMILES string of the molecule is CC[C@@H](C)[C@H](NC(=O)[C@@H](Cc1ccc(F)cc1)NC(C)=O)C(=O)O. The second kappa shape index (κ2) is 9.00. The van der Waals surface area contributed by atoms with E-state index in [2.05, 4.69) is 10.6 Å². The summed E-state index contributed by atoms with van der Waals surface area (Å²) in [4.78, 5) is 35.1. The summed E-state index contributed by atoms with van der Waals surface area (Å²) in [6.45, 7) is 4.83. The Morgan fingerprint density at radius 1 is 1.17 bits per heavy atom. The highest BCUT2D eigenvalue weighted by molar-refractivity contribution is 5.90. The molecule has 0 aliphatic carbocycles. The van der Waals surface area contributed by atoms with E-state index in [-0.39, 0.29) is 12.3 Å². The minimum absolute atomic E-state index is 0.137. The summed E-state index contributed by atoms with van der Waals surface area (Å²) >= 11 is 0. The van der Waals surface area contributed by atoms with Gasteiger partial charge in [-0.05, 0) is 23.6 Å². The summed E-state index contributed by atoms with van der Waals surface area (Å²) in [6.07, 6.45) is 0.721. The molecule has 2 amide bonds. The van der Waals surface area contributed by atoms with Crippen LogP contribution in [0.1, 0.15) is 32.8 Å². The van der Waals surface area contributed by atoms with E-state index in [1.54, 1.807) is 6.92 Å². The van der Waals surface area contributed by atoms with Gasteiger partial charge in [0.15, 0.2) is 0 Å². The molecule has 0 saturated heterocycles. The molecule has 1 aromatic carbocycles. The maximum Gasteiger partial charge on any atom is 0.326 e. The summed E-state index contributed by atoms with van der Waals surface area (Å²) in [5, 5.41) is 14.2. The highest BCUT2D eigenvalue weighted by Crippen LogP contribution is 2.10.